The molecule has 200 valence electrons. The molecule has 4 unspecified atom stereocenters. The Kier molecular flexibility index (Phi) is 9.65. The minimum Gasteiger partial charge on any atom is -0.383 e. The van der Waals surface area contributed by atoms with Crippen LogP contribution in [0.2, 0.25) is 0 Å². The molecule has 1 aliphatic carbocycles. The number of nitrogens with zero attached hydrogens (tertiary/aromatic N) is 3. The Bertz CT molecular complexity index is 1030. The highest BCUT2D eigenvalue weighted by molar-refractivity contribution is 7.12. The van der Waals surface area contributed by atoms with Crippen LogP contribution in [-0.4, -0.2) is 84.5 Å². The lowest BCUT2D eigenvalue weighted by atomic mass is 9.81. The number of methoxy groups -OCH3 is 1. The van der Waals surface area contributed by atoms with E-state index in [-0.39, 0.29) is 30.3 Å². The number of ether oxygens (including phenoxy) is 1. The zero-order valence-corrected chi connectivity index (χ0v) is 22.2. The molecule has 0 aromatic carbocycles. The second-order valence-corrected chi connectivity index (χ2v) is 10.9. The lowest BCUT2D eigenvalue weighted by Gasteiger charge is -2.29. The molecular formula is C27H37N5O4S. The van der Waals surface area contributed by atoms with E-state index in [1.165, 1.54) is 17.5 Å². The maximum absolute atomic E-state index is 13.5. The second-order valence-electron chi connectivity index (χ2n) is 9.95. The first kappa shape index (κ1) is 27.2. The Morgan fingerprint density at radius 1 is 1.22 bits per heavy atom. The van der Waals surface area contributed by atoms with Gasteiger partial charge in [0.25, 0.3) is 11.8 Å². The fourth-order valence-electron chi connectivity index (χ4n) is 5.51. The van der Waals surface area contributed by atoms with Crippen LogP contribution in [0.4, 0.5) is 0 Å². The van der Waals surface area contributed by atoms with Gasteiger partial charge in [0.2, 0.25) is 5.91 Å². The number of likely N-dealkylation sites (tertiary alicyclic amines) is 1. The summed E-state index contributed by atoms with van der Waals surface area (Å²) < 4.78 is 5.27. The zero-order valence-electron chi connectivity index (χ0n) is 21.4. The molecule has 4 rings (SSSR count). The van der Waals surface area contributed by atoms with E-state index in [0.29, 0.717) is 54.9 Å². The molecule has 0 bridgehead atoms. The van der Waals surface area contributed by atoms with Crippen molar-refractivity contribution in [3.05, 3.63) is 52.5 Å². The zero-order chi connectivity index (χ0) is 26.2. The van der Waals surface area contributed by atoms with Gasteiger partial charge in [-0.15, -0.1) is 11.3 Å². The minimum absolute atomic E-state index is 0.109. The van der Waals surface area contributed by atoms with Crippen molar-refractivity contribution < 1.29 is 19.1 Å². The molecule has 2 aromatic heterocycles. The SMILES string of the molecule is COCCN(C(=O)c1cccs1)C1CC(C(=O)NCC2CCCC(CN)C2)N(C(=O)c2cccnc2)C1. The van der Waals surface area contributed by atoms with Crippen LogP contribution in [0.3, 0.4) is 0 Å². The van der Waals surface area contributed by atoms with Crippen LogP contribution in [0, 0.1) is 11.8 Å². The average Bonchev–Trinajstić information content (AvgIpc) is 3.63. The van der Waals surface area contributed by atoms with Crippen molar-refractivity contribution in [1.29, 1.82) is 0 Å². The first-order valence-electron chi connectivity index (χ1n) is 13.0. The molecule has 0 spiro atoms. The molecule has 3 heterocycles. The quantitative estimate of drug-likeness (QED) is 0.490. The van der Waals surface area contributed by atoms with Gasteiger partial charge in [0, 0.05) is 39.1 Å². The van der Waals surface area contributed by atoms with Crippen molar-refractivity contribution in [3.63, 3.8) is 0 Å². The van der Waals surface area contributed by atoms with Crippen LogP contribution in [0.15, 0.2) is 42.0 Å². The minimum atomic E-state index is -0.673. The summed E-state index contributed by atoms with van der Waals surface area (Å²) in [5.41, 5.74) is 6.31. The van der Waals surface area contributed by atoms with Crippen LogP contribution in [0.5, 0.6) is 0 Å². The Balaban J connectivity index is 1.52. The van der Waals surface area contributed by atoms with Crippen molar-refractivity contribution in [2.45, 2.75) is 44.2 Å². The number of nitrogens with two attached hydrogens (primary N) is 1. The van der Waals surface area contributed by atoms with Gasteiger partial charge in [-0.1, -0.05) is 12.5 Å². The molecular weight excluding hydrogens is 490 g/mol. The van der Waals surface area contributed by atoms with Crippen molar-refractivity contribution in [1.82, 2.24) is 20.1 Å². The second kappa shape index (κ2) is 13.1. The van der Waals surface area contributed by atoms with E-state index < -0.39 is 6.04 Å². The number of aromatic nitrogens is 1. The molecule has 2 aliphatic rings. The van der Waals surface area contributed by atoms with Gasteiger partial charge in [0.1, 0.15) is 6.04 Å². The maximum atomic E-state index is 13.5. The van der Waals surface area contributed by atoms with Crippen LogP contribution in [0.25, 0.3) is 0 Å². The van der Waals surface area contributed by atoms with E-state index in [1.54, 1.807) is 41.3 Å². The van der Waals surface area contributed by atoms with Crippen molar-refractivity contribution in [2.24, 2.45) is 17.6 Å². The van der Waals surface area contributed by atoms with Gasteiger partial charge in [-0.05, 0) is 67.6 Å². The highest BCUT2D eigenvalue weighted by atomic mass is 32.1. The standard InChI is InChI=1S/C27H37N5O4S/c1-36-11-10-31(27(35)24-8-4-12-37-24)22-14-23(32(18-22)26(34)21-7-3-9-29-17-21)25(33)30-16-20-6-2-5-19(13-20)15-28/h3-4,7-9,12,17,19-20,22-23H,2,5-6,10-11,13-16,18,28H2,1H3,(H,30,33). The number of carbonyl (C=O) groups is 3. The fourth-order valence-corrected chi connectivity index (χ4v) is 6.19. The maximum Gasteiger partial charge on any atom is 0.264 e. The van der Waals surface area contributed by atoms with E-state index in [9.17, 15) is 14.4 Å². The van der Waals surface area contributed by atoms with Crippen molar-refractivity contribution >= 4 is 29.1 Å². The summed E-state index contributed by atoms with van der Waals surface area (Å²) in [6.07, 6.45) is 7.85. The van der Waals surface area contributed by atoms with Crippen LogP contribution >= 0.6 is 11.3 Å². The number of pyridine rings is 1. The Morgan fingerprint density at radius 2 is 2.05 bits per heavy atom. The first-order chi connectivity index (χ1) is 18.0. The molecule has 10 heteroatoms. The molecule has 2 fully saturated rings. The van der Waals surface area contributed by atoms with Gasteiger partial charge in [0.05, 0.1) is 23.1 Å². The Hall–Kier alpha value is -2.82. The Labute approximate surface area is 222 Å². The van der Waals surface area contributed by atoms with Crippen LogP contribution in [0.1, 0.15) is 52.1 Å². The van der Waals surface area contributed by atoms with Crippen LogP contribution < -0.4 is 11.1 Å². The third-order valence-corrected chi connectivity index (χ3v) is 8.37. The number of hydrogen-bond acceptors (Lipinski definition) is 7. The van der Waals surface area contributed by atoms with E-state index in [1.807, 2.05) is 11.4 Å². The number of rotatable bonds is 10. The normalized spacial score (nSPS) is 23.6. The summed E-state index contributed by atoms with van der Waals surface area (Å²) in [5.74, 6) is 0.357. The Morgan fingerprint density at radius 3 is 2.76 bits per heavy atom. The van der Waals surface area contributed by atoms with E-state index in [4.69, 9.17) is 10.5 Å². The van der Waals surface area contributed by atoms with Gasteiger partial charge in [-0.3, -0.25) is 19.4 Å². The van der Waals surface area contributed by atoms with Crippen LogP contribution in [-0.2, 0) is 9.53 Å². The molecule has 9 nitrogen and oxygen atoms in total. The lowest BCUT2D eigenvalue weighted by molar-refractivity contribution is -0.125. The largest absolute Gasteiger partial charge is 0.383 e. The number of amides is 3. The third kappa shape index (κ3) is 6.74. The number of nitrogens with one attached hydrogen (secondary N) is 1. The van der Waals surface area contributed by atoms with Crippen molar-refractivity contribution in [2.75, 3.05) is 39.9 Å². The molecule has 2 aromatic rings. The summed E-state index contributed by atoms with van der Waals surface area (Å²) in [5, 5.41) is 4.99. The van der Waals surface area contributed by atoms with Gasteiger partial charge < -0.3 is 25.6 Å². The highest BCUT2D eigenvalue weighted by Crippen LogP contribution is 2.29. The smallest absolute Gasteiger partial charge is 0.264 e. The molecule has 4 atom stereocenters. The lowest BCUT2D eigenvalue weighted by Crippen LogP contribution is -2.47. The molecule has 3 amide bonds. The summed E-state index contributed by atoms with van der Waals surface area (Å²) in [4.78, 5) is 48.4. The molecule has 0 radical (unpaired) electrons. The molecule has 1 saturated carbocycles. The number of hydrogen-bond donors (Lipinski definition) is 2. The topological polar surface area (TPSA) is 118 Å². The summed E-state index contributed by atoms with van der Waals surface area (Å²) >= 11 is 1.38. The summed E-state index contributed by atoms with van der Waals surface area (Å²) in [7, 11) is 1.59. The highest BCUT2D eigenvalue weighted by Gasteiger charge is 2.43. The molecule has 37 heavy (non-hydrogen) atoms. The molecule has 1 aliphatic heterocycles. The predicted molar refractivity (Wildman–Crippen MR) is 142 cm³/mol. The van der Waals surface area contributed by atoms with Gasteiger partial charge in [-0.25, -0.2) is 0 Å². The van der Waals surface area contributed by atoms with Gasteiger partial charge >= 0.3 is 0 Å². The molecule has 3 N–H and O–H groups in total. The van der Waals surface area contributed by atoms with Gasteiger partial charge in [0.15, 0.2) is 0 Å². The summed E-state index contributed by atoms with van der Waals surface area (Å²) in [6, 6.07) is 6.06. The number of thiophene rings is 1. The van der Waals surface area contributed by atoms with Crippen molar-refractivity contribution in [3.8, 4) is 0 Å². The van der Waals surface area contributed by atoms with E-state index >= 15 is 0 Å². The van der Waals surface area contributed by atoms with E-state index in [2.05, 4.69) is 10.3 Å². The first-order valence-corrected chi connectivity index (χ1v) is 13.9. The van der Waals surface area contributed by atoms with Gasteiger partial charge in [-0.2, -0.15) is 0 Å². The fraction of sp³-hybridized carbons (Fsp3) is 0.556. The summed E-state index contributed by atoms with van der Waals surface area (Å²) in [6.45, 7) is 2.27. The number of carbonyl (C=O) groups excluding carboxylic acids is 3. The monoisotopic (exact) mass is 527 g/mol. The average molecular weight is 528 g/mol. The predicted octanol–water partition coefficient (Wildman–Crippen LogP) is 2.40. The molecule has 1 saturated heterocycles. The van der Waals surface area contributed by atoms with E-state index in [0.717, 1.165) is 25.7 Å². The third-order valence-electron chi connectivity index (χ3n) is 7.51.